The van der Waals surface area contributed by atoms with Crippen LogP contribution in [0.4, 0.5) is 11.8 Å². The second-order valence-electron chi connectivity index (χ2n) is 5.95. The molecule has 1 amide bonds. The van der Waals surface area contributed by atoms with E-state index in [4.69, 9.17) is 15.2 Å². The number of hydrogen-bond donors (Lipinski definition) is 1. The first-order valence-electron chi connectivity index (χ1n) is 8.43. The van der Waals surface area contributed by atoms with Crippen LogP contribution in [0.1, 0.15) is 6.92 Å². The van der Waals surface area contributed by atoms with Gasteiger partial charge in [-0.05, 0) is 19.1 Å². The van der Waals surface area contributed by atoms with Gasteiger partial charge >= 0.3 is 0 Å². The number of nitrogens with two attached hydrogens (primary N) is 1. The van der Waals surface area contributed by atoms with E-state index in [2.05, 4.69) is 9.97 Å². The maximum Gasteiger partial charge on any atom is 0.246 e. The van der Waals surface area contributed by atoms with E-state index in [9.17, 15) is 4.79 Å². The Balaban J connectivity index is 1.86. The third-order valence-corrected chi connectivity index (χ3v) is 4.40. The van der Waals surface area contributed by atoms with Crippen molar-refractivity contribution in [2.24, 2.45) is 0 Å². The lowest BCUT2D eigenvalue weighted by atomic mass is 10.2. The molecule has 1 aliphatic heterocycles. The molecule has 0 aliphatic carbocycles. The lowest BCUT2D eigenvalue weighted by molar-refractivity contribution is -0.126. The number of benzene rings is 1. The normalized spacial score (nSPS) is 14.9. The van der Waals surface area contributed by atoms with Gasteiger partial charge in [0.25, 0.3) is 0 Å². The van der Waals surface area contributed by atoms with Crippen LogP contribution in [-0.4, -0.2) is 61.2 Å². The van der Waals surface area contributed by atoms with Crippen molar-refractivity contribution >= 4 is 28.6 Å². The molecule has 0 radical (unpaired) electrons. The maximum absolute atomic E-state index is 11.9. The fourth-order valence-corrected chi connectivity index (χ4v) is 2.98. The van der Waals surface area contributed by atoms with E-state index in [1.165, 1.54) is 0 Å². The average Bonchev–Trinajstić information content (AvgIpc) is 2.67. The van der Waals surface area contributed by atoms with E-state index in [0.29, 0.717) is 60.3 Å². The molecule has 2 aromatic rings. The van der Waals surface area contributed by atoms with Crippen LogP contribution in [0.2, 0.25) is 0 Å². The Hall–Kier alpha value is -3.03. The summed E-state index contributed by atoms with van der Waals surface area (Å²) in [6.45, 7) is 4.39. The van der Waals surface area contributed by atoms with Crippen LogP contribution in [0.25, 0.3) is 10.9 Å². The van der Waals surface area contributed by atoms with Gasteiger partial charge in [0.15, 0.2) is 11.5 Å². The summed E-state index contributed by atoms with van der Waals surface area (Å²) in [5.41, 5.74) is 6.84. The van der Waals surface area contributed by atoms with E-state index in [1.807, 2.05) is 16.7 Å². The minimum Gasteiger partial charge on any atom is -0.493 e. The van der Waals surface area contributed by atoms with Crippen LogP contribution < -0.4 is 20.1 Å². The highest BCUT2D eigenvalue weighted by molar-refractivity contribution is 5.92. The van der Waals surface area contributed by atoms with Crippen molar-refractivity contribution in [3.05, 3.63) is 24.3 Å². The number of nitrogens with zero attached hydrogens (tertiary/aromatic N) is 4. The van der Waals surface area contributed by atoms with Gasteiger partial charge in [0.2, 0.25) is 11.9 Å². The van der Waals surface area contributed by atoms with Crippen LogP contribution in [-0.2, 0) is 4.79 Å². The summed E-state index contributed by atoms with van der Waals surface area (Å²) < 4.78 is 10.7. The highest BCUT2D eigenvalue weighted by atomic mass is 16.5. The molecule has 1 aromatic carbocycles. The topological polar surface area (TPSA) is 93.8 Å². The third-order valence-electron chi connectivity index (χ3n) is 4.40. The smallest absolute Gasteiger partial charge is 0.246 e. The van der Waals surface area contributed by atoms with Crippen molar-refractivity contribution in [2.75, 3.05) is 51.0 Å². The standard InChI is InChI=1S/C18H23N5O3/c1-4-5-16(24)22-6-8-23(9-7-22)18-20-13-11-15(26-3)14(25-2)10-12(13)17(19)21-18/h4-5,10-11H,6-9H2,1-3H3,(H2,19,20,21)/b5-4+. The predicted molar refractivity (Wildman–Crippen MR) is 101 cm³/mol. The molecule has 8 nitrogen and oxygen atoms in total. The summed E-state index contributed by atoms with van der Waals surface area (Å²) in [6.07, 6.45) is 3.34. The van der Waals surface area contributed by atoms with Gasteiger partial charge in [-0.2, -0.15) is 4.98 Å². The van der Waals surface area contributed by atoms with Gasteiger partial charge in [0, 0.05) is 37.6 Å². The van der Waals surface area contributed by atoms with Gasteiger partial charge in [-0.15, -0.1) is 0 Å². The number of carbonyl (C=O) groups excluding carboxylic acids is 1. The number of amides is 1. The summed E-state index contributed by atoms with van der Waals surface area (Å²) >= 11 is 0. The Bertz CT molecular complexity index is 844. The van der Waals surface area contributed by atoms with Crippen LogP contribution in [0.3, 0.4) is 0 Å². The molecule has 0 bridgehead atoms. The van der Waals surface area contributed by atoms with Crippen molar-refractivity contribution in [3.63, 3.8) is 0 Å². The van der Waals surface area contributed by atoms with Crippen LogP contribution in [0, 0.1) is 0 Å². The summed E-state index contributed by atoms with van der Waals surface area (Å²) in [5.74, 6) is 2.15. The van der Waals surface area contributed by atoms with Crippen molar-refractivity contribution in [1.29, 1.82) is 0 Å². The average molecular weight is 357 g/mol. The number of anilines is 2. The van der Waals surface area contributed by atoms with Gasteiger partial charge in [0.05, 0.1) is 19.7 Å². The zero-order chi connectivity index (χ0) is 18.7. The number of piperazine rings is 1. The van der Waals surface area contributed by atoms with Gasteiger partial charge in [-0.3, -0.25) is 4.79 Å². The number of carbonyl (C=O) groups is 1. The highest BCUT2D eigenvalue weighted by Crippen LogP contribution is 2.34. The second kappa shape index (κ2) is 7.47. The molecule has 2 N–H and O–H groups in total. The first kappa shape index (κ1) is 17.8. The Morgan fingerprint density at radius 3 is 2.38 bits per heavy atom. The van der Waals surface area contributed by atoms with E-state index >= 15 is 0 Å². The molecule has 1 saturated heterocycles. The molecule has 0 spiro atoms. The van der Waals surface area contributed by atoms with E-state index in [1.54, 1.807) is 38.5 Å². The largest absolute Gasteiger partial charge is 0.493 e. The van der Waals surface area contributed by atoms with E-state index < -0.39 is 0 Å². The molecule has 0 saturated carbocycles. The Kier molecular flexibility index (Phi) is 5.11. The Morgan fingerprint density at radius 2 is 1.77 bits per heavy atom. The number of ether oxygens (including phenoxy) is 2. The fraction of sp³-hybridized carbons (Fsp3) is 0.389. The van der Waals surface area contributed by atoms with Crippen molar-refractivity contribution < 1.29 is 14.3 Å². The van der Waals surface area contributed by atoms with Gasteiger partial charge in [0.1, 0.15) is 5.82 Å². The fourth-order valence-electron chi connectivity index (χ4n) is 2.98. The lowest BCUT2D eigenvalue weighted by Crippen LogP contribution is -2.48. The number of allylic oxidation sites excluding steroid dienone is 1. The molecule has 3 rings (SSSR count). The Morgan fingerprint density at radius 1 is 1.12 bits per heavy atom. The minimum atomic E-state index is 0.0305. The number of aromatic nitrogens is 2. The van der Waals surface area contributed by atoms with Crippen molar-refractivity contribution in [3.8, 4) is 11.5 Å². The summed E-state index contributed by atoms with van der Waals surface area (Å²) in [6, 6.07) is 3.57. The molecular weight excluding hydrogens is 334 g/mol. The van der Waals surface area contributed by atoms with Gasteiger partial charge in [-0.25, -0.2) is 4.98 Å². The Labute approximate surface area is 152 Å². The molecule has 8 heteroatoms. The highest BCUT2D eigenvalue weighted by Gasteiger charge is 2.22. The van der Waals surface area contributed by atoms with Crippen LogP contribution >= 0.6 is 0 Å². The van der Waals surface area contributed by atoms with Crippen molar-refractivity contribution in [2.45, 2.75) is 6.92 Å². The summed E-state index contributed by atoms with van der Waals surface area (Å²) in [5, 5.41) is 0.716. The first-order valence-corrected chi connectivity index (χ1v) is 8.43. The SMILES string of the molecule is C/C=C/C(=O)N1CCN(c2nc(N)c3cc(OC)c(OC)cc3n2)CC1. The minimum absolute atomic E-state index is 0.0305. The number of rotatable bonds is 4. The van der Waals surface area contributed by atoms with Crippen molar-refractivity contribution in [1.82, 2.24) is 14.9 Å². The lowest BCUT2D eigenvalue weighted by Gasteiger charge is -2.34. The van der Waals surface area contributed by atoms with Crippen LogP contribution in [0.15, 0.2) is 24.3 Å². The second-order valence-corrected chi connectivity index (χ2v) is 5.95. The monoisotopic (exact) mass is 357 g/mol. The predicted octanol–water partition coefficient (Wildman–Crippen LogP) is 1.45. The number of hydrogen-bond acceptors (Lipinski definition) is 7. The molecule has 0 unspecified atom stereocenters. The summed E-state index contributed by atoms with van der Waals surface area (Å²) in [7, 11) is 3.15. The van der Waals surface area contributed by atoms with E-state index in [0.717, 1.165) is 0 Å². The number of fused-ring (bicyclic) bond motifs is 1. The number of methoxy groups -OCH3 is 2. The summed E-state index contributed by atoms with van der Waals surface area (Å²) in [4.78, 5) is 24.9. The van der Waals surface area contributed by atoms with Crippen LogP contribution in [0.5, 0.6) is 11.5 Å². The molecule has 1 aliphatic rings. The molecular formula is C18H23N5O3. The molecule has 0 atom stereocenters. The third kappa shape index (κ3) is 3.35. The van der Waals surface area contributed by atoms with Gasteiger partial charge < -0.3 is 25.0 Å². The van der Waals surface area contributed by atoms with E-state index in [-0.39, 0.29) is 5.91 Å². The maximum atomic E-state index is 11.9. The zero-order valence-corrected chi connectivity index (χ0v) is 15.2. The molecule has 2 heterocycles. The number of nitrogen functional groups attached to an aromatic ring is 1. The molecule has 1 fully saturated rings. The molecule has 1 aromatic heterocycles. The van der Waals surface area contributed by atoms with Gasteiger partial charge in [-0.1, -0.05) is 6.08 Å². The quantitative estimate of drug-likeness (QED) is 0.828. The molecule has 26 heavy (non-hydrogen) atoms. The first-order chi connectivity index (χ1) is 12.6. The molecule has 138 valence electrons. The zero-order valence-electron chi connectivity index (χ0n) is 15.2.